The van der Waals surface area contributed by atoms with E-state index < -0.39 is 11.9 Å². The molecule has 2 N–H and O–H groups in total. The van der Waals surface area contributed by atoms with E-state index in [0.29, 0.717) is 39.6 Å². The van der Waals surface area contributed by atoms with E-state index in [-0.39, 0.29) is 32.8 Å². The zero-order chi connectivity index (χ0) is 18.0. The standard InChI is InChI=1S/C15H25NO8/c1-2-4-21-6-8-23-10-11-24-9-7-22-5-3-16(12-14(17)18)13-15(19)20/h1H,3-13H2,(H,17,18)(H,19,20). The first-order valence-electron chi connectivity index (χ1n) is 7.46. The molecule has 0 unspecified atom stereocenters. The molecule has 0 radical (unpaired) electrons. The Morgan fingerprint density at radius 2 is 1.21 bits per heavy atom. The number of carbonyl (C=O) groups is 2. The molecule has 9 heteroatoms. The first-order valence-corrected chi connectivity index (χ1v) is 7.46. The SMILES string of the molecule is C#CCOCCOCCOCCOCCN(CC(=O)O)CC(=O)O. The van der Waals surface area contributed by atoms with Gasteiger partial charge in [-0.15, -0.1) is 6.42 Å². The third-order valence-corrected chi connectivity index (χ3v) is 2.57. The van der Waals surface area contributed by atoms with Crippen LogP contribution in [0.3, 0.4) is 0 Å². The first-order chi connectivity index (χ1) is 11.6. The van der Waals surface area contributed by atoms with Gasteiger partial charge >= 0.3 is 11.9 Å². The molecule has 0 saturated carbocycles. The van der Waals surface area contributed by atoms with Crippen LogP contribution in [0, 0.1) is 12.3 Å². The number of rotatable bonds is 17. The van der Waals surface area contributed by atoms with Crippen LogP contribution in [0.25, 0.3) is 0 Å². The number of terminal acetylenes is 1. The lowest BCUT2D eigenvalue weighted by molar-refractivity contribution is -0.142. The van der Waals surface area contributed by atoms with Crippen LogP contribution in [0.1, 0.15) is 0 Å². The summed E-state index contributed by atoms with van der Waals surface area (Å²) >= 11 is 0. The van der Waals surface area contributed by atoms with Crippen molar-refractivity contribution in [1.29, 1.82) is 0 Å². The predicted octanol–water partition coefficient (Wildman–Crippen LogP) is -0.843. The number of carboxylic acid groups (broad SMARTS) is 2. The topological polar surface area (TPSA) is 115 Å². The van der Waals surface area contributed by atoms with Gasteiger partial charge in [-0.3, -0.25) is 14.5 Å². The van der Waals surface area contributed by atoms with Gasteiger partial charge in [0.05, 0.1) is 59.3 Å². The molecule has 0 amide bonds. The van der Waals surface area contributed by atoms with Gasteiger partial charge in [-0.1, -0.05) is 5.92 Å². The van der Waals surface area contributed by atoms with Gasteiger partial charge in [0.2, 0.25) is 0 Å². The van der Waals surface area contributed by atoms with Crippen molar-refractivity contribution in [3.63, 3.8) is 0 Å². The Labute approximate surface area is 141 Å². The molecular weight excluding hydrogens is 322 g/mol. The lowest BCUT2D eigenvalue weighted by Crippen LogP contribution is -2.37. The Kier molecular flexibility index (Phi) is 15.0. The van der Waals surface area contributed by atoms with E-state index >= 15 is 0 Å². The predicted molar refractivity (Wildman–Crippen MR) is 83.8 cm³/mol. The molecule has 0 spiro atoms. The highest BCUT2D eigenvalue weighted by Gasteiger charge is 2.12. The lowest BCUT2D eigenvalue weighted by atomic mass is 10.4. The minimum absolute atomic E-state index is 0.222. The molecule has 0 bridgehead atoms. The Morgan fingerprint density at radius 3 is 1.62 bits per heavy atom. The molecule has 24 heavy (non-hydrogen) atoms. The third kappa shape index (κ3) is 16.7. The summed E-state index contributed by atoms with van der Waals surface area (Å²) in [6.45, 7) is 2.49. The van der Waals surface area contributed by atoms with Gasteiger partial charge in [-0.05, 0) is 0 Å². The van der Waals surface area contributed by atoms with E-state index in [1.54, 1.807) is 0 Å². The largest absolute Gasteiger partial charge is 0.480 e. The Hall–Kier alpha value is -1.70. The molecule has 0 aromatic heterocycles. The fourth-order valence-electron chi connectivity index (χ4n) is 1.58. The minimum atomic E-state index is -1.08. The summed E-state index contributed by atoms with van der Waals surface area (Å²) in [5.74, 6) is 0.192. The van der Waals surface area contributed by atoms with Crippen molar-refractivity contribution in [3.8, 4) is 12.3 Å². The van der Waals surface area contributed by atoms with Crippen LogP contribution < -0.4 is 0 Å². The molecule has 0 aromatic rings. The van der Waals surface area contributed by atoms with Crippen molar-refractivity contribution >= 4 is 11.9 Å². The minimum Gasteiger partial charge on any atom is -0.480 e. The van der Waals surface area contributed by atoms with E-state index in [1.807, 2.05) is 0 Å². The van der Waals surface area contributed by atoms with Crippen LogP contribution in [0.2, 0.25) is 0 Å². The third-order valence-electron chi connectivity index (χ3n) is 2.57. The smallest absolute Gasteiger partial charge is 0.317 e. The van der Waals surface area contributed by atoms with Crippen molar-refractivity contribution in [2.24, 2.45) is 0 Å². The molecule has 138 valence electrons. The van der Waals surface area contributed by atoms with Gasteiger partial charge in [0.1, 0.15) is 6.61 Å². The monoisotopic (exact) mass is 347 g/mol. The maximum atomic E-state index is 10.6. The Balaban J connectivity index is 3.40. The summed E-state index contributed by atoms with van der Waals surface area (Å²) in [6, 6.07) is 0. The van der Waals surface area contributed by atoms with Crippen molar-refractivity contribution in [3.05, 3.63) is 0 Å². The van der Waals surface area contributed by atoms with E-state index in [2.05, 4.69) is 5.92 Å². The average Bonchev–Trinajstić information content (AvgIpc) is 2.50. The highest BCUT2D eigenvalue weighted by atomic mass is 16.6. The normalized spacial score (nSPS) is 10.7. The lowest BCUT2D eigenvalue weighted by Gasteiger charge is -2.17. The molecule has 0 fully saturated rings. The Bertz CT molecular complexity index is 366. The van der Waals surface area contributed by atoms with Crippen LogP contribution >= 0.6 is 0 Å². The molecule has 0 heterocycles. The summed E-state index contributed by atoms with van der Waals surface area (Å²) in [5.41, 5.74) is 0. The highest BCUT2D eigenvalue weighted by Crippen LogP contribution is 1.90. The maximum absolute atomic E-state index is 10.6. The summed E-state index contributed by atoms with van der Waals surface area (Å²) in [7, 11) is 0. The molecule has 0 aliphatic carbocycles. The molecule has 0 aliphatic rings. The number of ether oxygens (including phenoxy) is 4. The second kappa shape index (κ2) is 16.2. The van der Waals surface area contributed by atoms with Crippen LogP contribution in [0.4, 0.5) is 0 Å². The second-order valence-corrected chi connectivity index (χ2v) is 4.59. The fraction of sp³-hybridized carbons (Fsp3) is 0.733. The number of carboxylic acids is 2. The van der Waals surface area contributed by atoms with Gasteiger partial charge in [-0.2, -0.15) is 0 Å². The van der Waals surface area contributed by atoms with Crippen LogP contribution in [0.5, 0.6) is 0 Å². The molecule has 0 atom stereocenters. The second-order valence-electron chi connectivity index (χ2n) is 4.59. The van der Waals surface area contributed by atoms with Crippen LogP contribution in [0.15, 0.2) is 0 Å². The quantitative estimate of drug-likeness (QED) is 0.257. The van der Waals surface area contributed by atoms with Crippen molar-refractivity contribution in [2.45, 2.75) is 0 Å². The van der Waals surface area contributed by atoms with Gasteiger partial charge in [0, 0.05) is 6.54 Å². The van der Waals surface area contributed by atoms with Crippen molar-refractivity contribution < 1.29 is 38.7 Å². The zero-order valence-corrected chi connectivity index (χ0v) is 13.6. The average molecular weight is 347 g/mol. The maximum Gasteiger partial charge on any atom is 0.317 e. The van der Waals surface area contributed by atoms with Gasteiger partial charge in [-0.25, -0.2) is 0 Å². The van der Waals surface area contributed by atoms with Crippen molar-refractivity contribution in [2.75, 3.05) is 72.5 Å². The zero-order valence-electron chi connectivity index (χ0n) is 13.6. The molecule has 0 aromatic carbocycles. The first kappa shape index (κ1) is 22.3. The van der Waals surface area contributed by atoms with Crippen LogP contribution in [-0.2, 0) is 28.5 Å². The Morgan fingerprint density at radius 1 is 0.792 bits per heavy atom. The number of hydrogen-bond acceptors (Lipinski definition) is 7. The van der Waals surface area contributed by atoms with Crippen molar-refractivity contribution in [1.82, 2.24) is 4.90 Å². The molecule has 0 saturated heterocycles. The van der Waals surface area contributed by atoms with E-state index in [1.165, 1.54) is 4.90 Å². The molecule has 9 nitrogen and oxygen atoms in total. The van der Waals surface area contributed by atoms with Gasteiger partial charge in [0.25, 0.3) is 0 Å². The van der Waals surface area contributed by atoms with E-state index in [0.717, 1.165) is 0 Å². The van der Waals surface area contributed by atoms with Gasteiger partial charge < -0.3 is 29.2 Å². The number of aliphatic carboxylic acids is 2. The van der Waals surface area contributed by atoms with E-state index in [9.17, 15) is 9.59 Å². The molecular formula is C15H25NO8. The van der Waals surface area contributed by atoms with Crippen LogP contribution in [-0.4, -0.2) is 99.5 Å². The highest BCUT2D eigenvalue weighted by molar-refractivity contribution is 5.72. The summed E-state index contributed by atoms with van der Waals surface area (Å²) in [4.78, 5) is 22.5. The van der Waals surface area contributed by atoms with Gasteiger partial charge in [0.15, 0.2) is 0 Å². The number of hydrogen-bond donors (Lipinski definition) is 2. The summed E-state index contributed by atoms with van der Waals surface area (Å²) in [5, 5.41) is 17.4. The number of nitrogens with zero attached hydrogens (tertiary/aromatic N) is 1. The fourth-order valence-corrected chi connectivity index (χ4v) is 1.58. The summed E-state index contributed by atoms with van der Waals surface area (Å²) in [6.07, 6.45) is 5.02. The summed E-state index contributed by atoms with van der Waals surface area (Å²) < 4.78 is 20.8. The molecule has 0 aliphatic heterocycles. The molecule has 0 rings (SSSR count). The van der Waals surface area contributed by atoms with E-state index in [4.69, 9.17) is 35.6 Å².